The lowest BCUT2D eigenvalue weighted by atomic mass is 9.93. The second-order valence-corrected chi connectivity index (χ2v) is 14.7. The zero-order chi connectivity index (χ0) is 38.2. The van der Waals surface area contributed by atoms with Crippen LogP contribution in [-0.4, -0.2) is 19.5 Å². The average molecular weight is 741 g/mol. The van der Waals surface area contributed by atoms with E-state index in [-0.39, 0.29) is 0 Å². The van der Waals surface area contributed by atoms with Gasteiger partial charge in [-0.2, -0.15) is 0 Å². The number of pyridine rings is 1. The predicted octanol–water partition coefficient (Wildman–Crippen LogP) is 13.8. The number of hydrogen-bond donors (Lipinski definition) is 0. The van der Waals surface area contributed by atoms with Gasteiger partial charge in [0.05, 0.1) is 28.1 Å². The Morgan fingerprint density at radius 2 is 0.948 bits per heavy atom. The number of fused-ring (bicyclic) bond motifs is 9. The van der Waals surface area contributed by atoms with Crippen molar-refractivity contribution < 1.29 is 4.42 Å². The summed E-state index contributed by atoms with van der Waals surface area (Å²) in [5, 5.41) is 7.74. The highest BCUT2D eigenvalue weighted by Gasteiger charge is 2.20. The maximum atomic E-state index is 6.40. The van der Waals surface area contributed by atoms with Crippen LogP contribution < -0.4 is 0 Å². The van der Waals surface area contributed by atoms with Gasteiger partial charge in [-0.15, -0.1) is 0 Å². The Morgan fingerprint density at radius 1 is 0.379 bits per heavy atom. The smallest absolute Gasteiger partial charge is 0.161 e. The standard InChI is InChI=1S/C53H32N4O/c1-2-15-33(16-3-1)45-32-46(55-53(54-45)34-17-14-18-35(31-34)57-47-26-11-8-21-39(47)40-22-9-12-27-48(40)57)38-29-30-42(37-20-5-4-19-36(37)38)50-41-23-6-7-24-43(41)52-51(56-50)44-25-10-13-28-49(44)58-52/h1-32H. The maximum Gasteiger partial charge on any atom is 0.161 e. The first-order valence-electron chi connectivity index (χ1n) is 19.5. The molecule has 4 aromatic heterocycles. The lowest BCUT2D eigenvalue weighted by Crippen LogP contribution is -1.99. The van der Waals surface area contributed by atoms with E-state index in [1.54, 1.807) is 0 Å². The van der Waals surface area contributed by atoms with Gasteiger partial charge in [0.25, 0.3) is 0 Å². The molecule has 0 aliphatic heterocycles. The van der Waals surface area contributed by atoms with Crippen molar-refractivity contribution in [2.24, 2.45) is 0 Å². The highest BCUT2D eigenvalue weighted by molar-refractivity contribution is 6.18. The lowest BCUT2D eigenvalue weighted by molar-refractivity contribution is 0.672. The van der Waals surface area contributed by atoms with E-state index >= 15 is 0 Å². The zero-order valence-corrected chi connectivity index (χ0v) is 31.2. The number of rotatable bonds is 5. The Morgan fingerprint density at radius 3 is 1.71 bits per heavy atom. The van der Waals surface area contributed by atoms with Gasteiger partial charge in [0, 0.05) is 54.9 Å². The molecule has 8 aromatic carbocycles. The molecule has 12 rings (SSSR count). The number of para-hydroxylation sites is 3. The molecule has 4 heterocycles. The summed E-state index contributed by atoms with van der Waals surface area (Å²) in [6.07, 6.45) is 0. The van der Waals surface area contributed by atoms with Crippen molar-refractivity contribution in [3.63, 3.8) is 0 Å². The molecular weight excluding hydrogens is 709 g/mol. The molecule has 0 N–H and O–H groups in total. The molecule has 0 radical (unpaired) electrons. The van der Waals surface area contributed by atoms with Gasteiger partial charge in [-0.1, -0.05) is 152 Å². The summed E-state index contributed by atoms with van der Waals surface area (Å²) in [5.41, 5.74) is 12.6. The first kappa shape index (κ1) is 32.4. The van der Waals surface area contributed by atoms with E-state index in [1.807, 2.05) is 24.3 Å². The van der Waals surface area contributed by atoms with Gasteiger partial charge in [0.1, 0.15) is 11.1 Å². The van der Waals surface area contributed by atoms with Crippen molar-refractivity contribution in [2.45, 2.75) is 0 Å². The molecule has 58 heavy (non-hydrogen) atoms. The topological polar surface area (TPSA) is 56.7 Å². The van der Waals surface area contributed by atoms with E-state index in [0.29, 0.717) is 5.82 Å². The molecule has 0 saturated carbocycles. The van der Waals surface area contributed by atoms with Crippen LogP contribution in [0, 0.1) is 0 Å². The van der Waals surface area contributed by atoms with Gasteiger partial charge in [-0.05, 0) is 53.2 Å². The summed E-state index contributed by atoms with van der Waals surface area (Å²) >= 11 is 0. The molecule has 0 spiro atoms. The van der Waals surface area contributed by atoms with Crippen molar-refractivity contribution in [1.29, 1.82) is 0 Å². The van der Waals surface area contributed by atoms with Crippen LogP contribution in [0.15, 0.2) is 199 Å². The fraction of sp³-hybridized carbons (Fsp3) is 0. The van der Waals surface area contributed by atoms with Crippen LogP contribution in [0.5, 0.6) is 0 Å². The lowest BCUT2D eigenvalue weighted by Gasteiger charge is -2.15. The highest BCUT2D eigenvalue weighted by atomic mass is 16.3. The highest BCUT2D eigenvalue weighted by Crippen LogP contribution is 2.42. The number of furan rings is 1. The van der Waals surface area contributed by atoms with E-state index in [9.17, 15) is 0 Å². The van der Waals surface area contributed by atoms with Crippen LogP contribution in [0.3, 0.4) is 0 Å². The Bertz CT molecular complexity index is 3530. The quantitative estimate of drug-likeness (QED) is 0.176. The van der Waals surface area contributed by atoms with Crippen molar-refractivity contribution >= 4 is 65.4 Å². The van der Waals surface area contributed by atoms with Gasteiger partial charge in [0.2, 0.25) is 0 Å². The van der Waals surface area contributed by atoms with Gasteiger partial charge in [-0.3, -0.25) is 0 Å². The molecule has 12 aromatic rings. The minimum absolute atomic E-state index is 0.664. The third-order valence-electron chi connectivity index (χ3n) is 11.4. The third kappa shape index (κ3) is 5.00. The molecule has 0 bridgehead atoms. The summed E-state index contributed by atoms with van der Waals surface area (Å²) in [4.78, 5) is 16.0. The largest absolute Gasteiger partial charge is 0.454 e. The van der Waals surface area contributed by atoms with Crippen LogP contribution in [0.1, 0.15) is 0 Å². The first-order valence-corrected chi connectivity index (χ1v) is 19.5. The van der Waals surface area contributed by atoms with Crippen molar-refractivity contribution in [3.8, 4) is 50.8 Å². The van der Waals surface area contributed by atoms with Crippen LogP contribution in [0.4, 0.5) is 0 Å². The summed E-state index contributed by atoms with van der Waals surface area (Å²) < 4.78 is 8.74. The number of hydrogen-bond acceptors (Lipinski definition) is 4. The molecule has 270 valence electrons. The van der Waals surface area contributed by atoms with E-state index in [1.165, 1.54) is 10.8 Å². The molecule has 0 saturated heterocycles. The Balaban J connectivity index is 1.06. The molecule has 5 heteroatoms. The summed E-state index contributed by atoms with van der Waals surface area (Å²) in [7, 11) is 0. The van der Waals surface area contributed by atoms with E-state index in [2.05, 4.69) is 174 Å². The van der Waals surface area contributed by atoms with Crippen LogP contribution in [0.25, 0.3) is 116 Å². The maximum absolute atomic E-state index is 6.40. The van der Waals surface area contributed by atoms with Crippen LogP contribution in [-0.2, 0) is 0 Å². The van der Waals surface area contributed by atoms with Crippen molar-refractivity contribution in [1.82, 2.24) is 19.5 Å². The normalized spacial score (nSPS) is 11.8. The first-order chi connectivity index (χ1) is 28.8. The average Bonchev–Trinajstić information content (AvgIpc) is 3.85. The fourth-order valence-electron chi connectivity index (χ4n) is 8.78. The molecule has 0 amide bonds. The van der Waals surface area contributed by atoms with E-state index < -0.39 is 0 Å². The molecule has 0 fully saturated rings. The zero-order valence-electron chi connectivity index (χ0n) is 31.2. The number of benzene rings is 8. The molecule has 0 atom stereocenters. The van der Waals surface area contributed by atoms with E-state index in [4.69, 9.17) is 19.4 Å². The fourth-order valence-corrected chi connectivity index (χ4v) is 8.78. The second kappa shape index (κ2) is 12.8. The predicted molar refractivity (Wildman–Crippen MR) is 238 cm³/mol. The molecular formula is C53H32N4O. The van der Waals surface area contributed by atoms with Crippen molar-refractivity contribution in [3.05, 3.63) is 194 Å². The molecule has 5 nitrogen and oxygen atoms in total. The van der Waals surface area contributed by atoms with Gasteiger partial charge >= 0.3 is 0 Å². The summed E-state index contributed by atoms with van der Waals surface area (Å²) in [6, 6.07) is 67.8. The Labute approximate surface area is 333 Å². The summed E-state index contributed by atoms with van der Waals surface area (Å²) in [6.45, 7) is 0. The Kier molecular flexibility index (Phi) is 7.16. The minimum atomic E-state index is 0.664. The van der Waals surface area contributed by atoms with E-state index in [0.717, 1.165) is 99.7 Å². The number of aromatic nitrogens is 4. The monoisotopic (exact) mass is 740 g/mol. The van der Waals surface area contributed by atoms with Gasteiger partial charge in [-0.25, -0.2) is 15.0 Å². The second-order valence-electron chi connectivity index (χ2n) is 14.7. The van der Waals surface area contributed by atoms with Crippen LogP contribution in [0.2, 0.25) is 0 Å². The van der Waals surface area contributed by atoms with Crippen LogP contribution >= 0.6 is 0 Å². The minimum Gasteiger partial charge on any atom is -0.454 e. The summed E-state index contributed by atoms with van der Waals surface area (Å²) in [5.74, 6) is 0.664. The molecule has 0 aliphatic rings. The van der Waals surface area contributed by atoms with Gasteiger partial charge < -0.3 is 8.98 Å². The number of nitrogens with zero attached hydrogens (tertiary/aromatic N) is 4. The molecule has 0 unspecified atom stereocenters. The van der Waals surface area contributed by atoms with Gasteiger partial charge in [0.15, 0.2) is 11.4 Å². The Hall–Kier alpha value is -7.89. The third-order valence-corrected chi connectivity index (χ3v) is 11.4. The SMILES string of the molecule is c1ccc(-c2cc(-c3ccc(-c4nc5c6ccccc6oc5c5ccccc45)c4ccccc34)nc(-c3cccc(-n4c5ccccc5c5ccccc54)c3)n2)cc1. The van der Waals surface area contributed by atoms with Crippen molar-refractivity contribution in [2.75, 3.05) is 0 Å². The molecule has 0 aliphatic carbocycles.